The van der Waals surface area contributed by atoms with E-state index in [1.54, 1.807) is 0 Å². The van der Waals surface area contributed by atoms with Crippen molar-refractivity contribution in [2.24, 2.45) is 17.8 Å². The molecule has 2 fully saturated rings. The molecule has 1 saturated heterocycles. The number of anilines is 1. The summed E-state index contributed by atoms with van der Waals surface area (Å²) in [4.78, 5) is 42.3. The lowest BCUT2D eigenvalue weighted by atomic mass is 9.75. The Hall–Kier alpha value is -3.17. The van der Waals surface area contributed by atoms with Crippen LogP contribution in [0.25, 0.3) is 16.0 Å². The Bertz CT molecular complexity index is 1360. The minimum Gasteiger partial charge on any atom is -0.465 e. The molecule has 1 unspecified atom stereocenters. The molecule has 1 saturated carbocycles. The summed E-state index contributed by atoms with van der Waals surface area (Å²) in [5.41, 5.74) is 4.33. The molecule has 2 aliphatic heterocycles. The molecular weight excluding hydrogens is 564 g/mol. The highest BCUT2D eigenvalue weighted by Gasteiger charge is 2.35. The highest BCUT2D eigenvalue weighted by atomic mass is 32.1. The van der Waals surface area contributed by atoms with Gasteiger partial charge in [-0.1, -0.05) is 37.5 Å². The van der Waals surface area contributed by atoms with E-state index in [-0.39, 0.29) is 17.8 Å². The van der Waals surface area contributed by atoms with Crippen molar-refractivity contribution >= 4 is 40.6 Å². The molecule has 9 heteroatoms. The summed E-state index contributed by atoms with van der Waals surface area (Å²) in [6.07, 6.45) is 5.75. The Labute approximate surface area is 258 Å². The van der Waals surface area contributed by atoms with Gasteiger partial charge in [0.1, 0.15) is 10.5 Å². The number of nitrogens with zero attached hydrogens (tertiary/aromatic N) is 1. The normalized spacial score (nSPS) is 22.8. The zero-order valence-corrected chi connectivity index (χ0v) is 26.8. The number of methoxy groups -OCH3 is 1. The Morgan fingerprint density at radius 3 is 2.40 bits per heavy atom. The van der Waals surface area contributed by atoms with E-state index in [0.29, 0.717) is 42.8 Å². The molecule has 3 aliphatic rings. The minimum atomic E-state index is -0.588. The van der Waals surface area contributed by atoms with Crippen molar-refractivity contribution in [1.82, 2.24) is 4.90 Å². The van der Waals surface area contributed by atoms with Gasteiger partial charge < -0.3 is 19.1 Å². The second-order valence-corrected chi connectivity index (χ2v) is 14.1. The molecular formula is C34H44N2O6S. The molecule has 3 heterocycles. The van der Waals surface area contributed by atoms with Gasteiger partial charge >= 0.3 is 12.1 Å². The van der Waals surface area contributed by atoms with Gasteiger partial charge in [0.15, 0.2) is 0 Å². The number of thiophene rings is 1. The smallest absolute Gasteiger partial charge is 0.412 e. The highest BCUT2D eigenvalue weighted by Crippen LogP contribution is 2.44. The van der Waals surface area contributed by atoms with Crippen LogP contribution in [0, 0.1) is 17.8 Å². The molecule has 2 amide bonds. The van der Waals surface area contributed by atoms with Crippen LogP contribution in [-0.2, 0) is 19.0 Å². The van der Waals surface area contributed by atoms with Gasteiger partial charge in [0.05, 0.1) is 19.6 Å². The lowest BCUT2D eigenvalue weighted by Crippen LogP contribution is -2.41. The summed E-state index contributed by atoms with van der Waals surface area (Å²) in [5.74, 6) is 0.880. The minimum absolute atomic E-state index is 0.0933. The van der Waals surface area contributed by atoms with E-state index in [1.807, 2.05) is 49.9 Å². The molecule has 8 nitrogen and oxygen atoms in total. The second kappa shape index (κ2) is 13.2. The van der Waals surface area contributed by atoms with Gasteiger partial charge in [0.2, 0.25) is 5.91 Å². The fraction of sp³-hybridized carbons (Fsp3) is 0.559. The molecule has 5 rings (SSSR count). The summed E-state index contributed by atoms with van der Waals surface area (Å²) >= 11 is 1.41. The monoisotopic (exact) mass is 608 g/mol. The van der Waals surface area contributed by atoms with Crippen molar-refractivity contribution in [3.63, 3.8) is 0 Å². The van der Waals surface area contributed by atoms with Gasteiger partial charge in [0, 0.05) is 35.8 Å². The molecule has 232 valence electrons. The number of hydrogen-bond donors (Lipinski definition) is 1. The van der Waals surface area contributed by atoms with E-state index in [4.69, 9.17) is 14.2 Å². The van der Waals surface area contributed by atoms with E-state index in [1.165, 1.54) is 36.9 Å². The predicted octanol–water partition coefficient (Wildman–Crippen LogP) is 7.40. The molecule has 1 atom stereocenters. The largest absolute Gasteiger partial charge is 0.465 e. The third-order valence-electron chi connectivity index (χ3n) is 8.73. The van der Waals surface area contributed by atoms with Crippen LogP contribution in [0.2, 0.25) is 0 Å². The van der Waals surface area contributed by atoms with Gasteiger partial charge in [-0.25, -0.2) is 9.59 Å². The molecule has 2 aromatic rings. The summed E-state index contributed by atoms with van der Waals surface area (Å²) in [5, 5.41) is 2.77. The number of carbonyl (C=O) groups excluding carboxylic acids is 3. The Morgan fingerprint density at radius 1 is 1.05 bits per heavy atom. The van der Waals surface area contributed by atoms with Crippen molar-refractivity contribution in [1.29, 1.82) is 0 Å². The molecule has 43 heavy (non-hydrogen) atoms. The number of esters is 1. The molecule has 0 spiro atoms. The Morgan fingerprint density at radius 2 is 1.77 bits per heavy atom. The topological polar surface area (TPSA) is 94.2 Å². The SMILES string of the molecule is COC(=O)c1sc(-c2ccc(NC(=O)OC(C)(C)C)cc2)cc1C1=C(C2CCC(C)CC2)CCN(C(=O)C2CCOC2)C1. The zero-order valence-electron chi connectivity index (χ0n) is 26.0. The number of carbonyl (C=O) groups is 3. The van der Waals surface area contributed by atoms with Crippen molar-refractivity contribution in [2.75, 3.05) is 38.7 Å². The number of ether oxygens (including phenoxy) is 3. The average Bonchev–Trinajstić information content (AvgIpc) is 3.67. The maximum absolute atomic E-state index is 13.5. The third kappa shape index (κ3) is 7.50. The molecule has 0 bridgehead atoms. The zero-order chi connectivity index (χ0) is 30.7. The second-order valence-electron chi connectivity index (χ2n) is 13.1. The fourth-order valence-corrected chi connectivity index (χ4v) is 7.52. The Kier molecular flexibility index (Phi) is 9.61. The first-order chi connectivity index (χ1) is 20.5. The van der Waals surface area contributed by atoms with E-state index < -0.39 is 11.7 Å². The first-order valence-corrected chi connectivity index (χ1v) is 16.3. The number of benzene rings is 1. The summed E-state index contributed by atoms with van der Waals surface area (Å²) in [7, 11) is 1.41. The average molecular weight is 609 g/mol. The van der Waals surface area contributed by atoms with E-state index in [0.717, 1.165) is 53.2 Å². The van der Waals surface area contributed by atoms with Crippen LogP contribution in [0.4, 0.5) is 10.5 Å². The first-order valence-electron chi connectivity index (χ1n) is 15.4. The van der Waals surface area contributed by atoms with Crippen LogP contribution in [0.1, 0.15) is 81.5 Å². The maximum atomic E-state index is 13.5. The van der Waals surface area contributed by atoms with Gasteiger partial charge in [-0.3, -0.25) is 10.1 Å². The third-order valence-corrected chi connectivity index (χ3v) is 9.89. The molecule has 1 aliphatic carbocycles. The van der Waals surface area contributed by atoms with Crippen LogP contribution in [0.3, 0.4) is 0 Å². The van der Waals surface area contributed by atoms with Crippen LogP contribution in [0.15, 0.2) is 35.9 Å². The van der Waals surface area contributed by atoms with E-state index in [2.05, 4.69) is 18.3 Å². The number of rotatable bonds is 6. The van der Waals surface area contributed by atoms with Crippen molar-refractivity contribution in [3.05, 3.63) is 46.3 Å². The lowest BCUT2D eigenvalue weighted by Gasteiger charge is -2.37. The number of nitrogens with one attached hydrogen (secondary N) is 1. The van der Waals surface area contributed by atoms with Gasteiger partial charge in [-0.2, -0.15) is 0 Å². The molecule has 1 N–H and O–H groups in total. The van der Waals surface area contributed by atoms with Crippen LogP contribution >= 0.6 is 11.3 Å². The van der Waals surface area contributed by atoms with Gasteiger partial charge in [-0.15, -0.1) is 11.3 Å². The van der Waals surface area contributed by atoms with Crippen molar-refractivity contribution < 1.29 is 28.6 Å². The standard InChI is InChI=1S/C34H44N2O6S/c1-21-6-8-22(9-7-21)26-14-16-36(31(37)24-15-17-41-20-24)19-28(26)27-18-29(43-30(27)32(38)40-5)23-10-12-25(13-11-23)35-33(39)42-34(2,3)4/h10-13,18,21-22,24H,6-9,14-17,19-20H2,1-5H3,(H,35,39). The number of hydrogen-bond acceptors (Lipinski definition) is 7. The summed E-state index contributed by atoms with van der Waals surface area (Å²) < 4.78 is 16.2. The highest BCUT2D eigenvalue weighted by molar-refractivity contribution is 7.17. The van der Waals surface area contributed by atoms with Gasteiger partial charge in [-0.05, 0) is 87.6 Å². The number of amides is 2. The van der Waals surface area contributed by atoms with Gasteiger partial charge in [0.25, 0.3) is 0 Å². The maximum Gasteiger partial charge on any atom is 0.412 e. The van der Waals surface area contributed by atoms with Crippen LogP contribution < -0.4 is 5.32 Å². The quantitative estimate of drug-likeness (QED) is 0.344. The molecule has 1 aromatic heterocycles. The first kappa shape index (κ1) is 31.3. The van der Waals surface area contributed by atoms with Crippen molar-refractivity contribution in [3.8, 4) is 10.4 Å². The summed E-state index contributed by atoms with van der Waals surface area (Å²) in [6.45, 7) is 10.1. The molecule has 0 radical (unpaired) electrons. The Balaban J connectivity index is 1.48. The summed E-state index contributed by atoms with van der Waals surface area (Å²) in [6, 6.07) is 9.60. The van der Waals surface area contributed by atoms with Crippen LogP contribution in [0.5, 0.6) is 0 Å². The molecule has 1 aromatic carbocycles. The van der Waals surface area contributed by atoms with E-state index >= 15 is 0 Å². The van der Waals surface area contributed by atoms with Crippen LogP contribution in [-0.4, -0.2) is 61.9 Å². The predicted molar refractivity (Wildman–Crippen MR) is 169 cm³/mol. The van der Waals surface area contributed by atoms with E-state index in [9.17, 15) is 14.4 Å². The lowest BCUT2D eigenvalue weighted by molar-refractivity contribution is -0.135. The van der Waals surface area contributed by atoms with Crippen molar-refractivity contribution in [2.45, 2.75) is 71.8 Å². The fourth-order valence-electron chi connectivity index (χ4n) is 6.41.